The second kappa shape index (κ2) is 7.19. The van der Waals surface area contributed by atoms with Crippen molar-refractivity contribution in [2.75, 3.05) is 6.61 Å². The van der Waals surface area contributed by atoms with Crippen molar-refractivity contribution in [1.29, 1.82) is 0 Å². The highest BCUT2D eigenvalue weighted by atomic mass is 127. The molecule has 4 nitrogen and oxygen atoms in total. The molecule has 0 bridgehead atoms. The van der Waals surface area contributed by atoms with Gasteiger partial charge in [-0.15, -0.1) is 0 Å². The second-order valence-corrected chi connectivity index (χ2v) is 7.33. The van der Waals surface area contributed by atoms with Crippen LogP contribution in [0, 0.1) is 14.3 Å². The first-order valence-electron chi connectivity index (χ1n) is 4.57. The van der Waals surface area contributed by atoms with Gasteiger partial charge in [0.15, 0.2) is 0 Å². The van der Waals surface area contributed by atoms with E-state index in [2.05, 4.69) is 45.2 Å². The Bertz CT molecular complexity index is 527. The van der Waals surface area contributed by atoms with E-state index >= 15 is 0 Å². The number of ether oxygens (including phenoxy) is 1. The smallest absolute Gasteiger partial charge is 0.339 e. The Labute approximate surface area is 158 Å². The molecule has 1 aromatic carbocycles. The third-order valence-electron chi connectivity index (χ3n) is 1.95. The van der Waals surface area contributed by atoms with Crippen LogP contribution in [0.15, 0.2) is 0 Å². The zero-order valence-corrected chi connectivity index (χ0v) is 17.5. The summed E-state index contributed by atoms with van der Waals surface area (Å²) in [6, 6.07) is 0. The Hall–Kier alpha value is 1.08. The van der Waals surface area contributed by atoms with Crippen molar-refractivity contribution in [3.63, 3.8) is 0 Å². The standard InChI is InChI=1S/C10H6I4O4/c1-2-18-10(17)4-3(9(15)16)5(11)7(13)8(14)6(4)12/h2H2,1H3,(H,15,16)/p-1. The topological polar surface area (TPSA) is 66.4 Å². The minimum absolute atomic E-state index is 0.0756. The lowest BCUT2D eigenvalue weighted by Crippen LogP contribution is -2.28. The average molecular weight is 697 g/mol. The molecule has 0 heterocycles. The van der Waals surface area contributed by atoms with Gasteiger partial charge in [0.1, 0.15) is 0 Å². The summed E-state index contributed by atoms with van der Waals surface area (Å²) >= 11 is 7.99. The molecule has 0 saturated heterocycles. The molecule has 18 heavy (non-hydrogen) atoms. The van der Waals surface area contributed by atoms with E-state index in [-0.39, 0.29) is 17.7 Å². The number of carboxylic acids is 1. The lowest BCUT2D eigenvalue weighted by molar-refractivity contribution is -0.255. The van der Waals surface area contributed by atoms with Crippen LogP contribution in [0.1, 0.15) is 27.6 Å². The van der Waals surface area contributed by atoms with Gasteiger partial charge in [0.05, 0.1) is 18.1 Å². The fourth-order valence-corrected chi connectivity index (χ4v) is 4.85. The van der Waals surface area contributed by atoms with Crippen LogP contribution in [-0.4, -0.2) is 18.5 Å². The maximum absolute atomic E-state index is 11.9. The maximum Gasteiger partial charge on any atom is 0.339 e. The number of benzene rings is 1. The van der Waals surface area contributed by atoms with Crippen LogP contribution in [0.3, 0.4) is 0 Å². The molecule has 1 rings (SSSR count). The van der Waals surface area contributed by atoms with Gasteiger partial charge >= 0.3 is 5.97 Å². The third-order valence-corrected chi connectivity index (χ3v) is 9.36. The summed E-state index contributed by atoms with van der Waals surface area (Å²) in [5.41, 5.74) is -0.0186. The number of aromatic carboxylic acids is 1. The molecule has 8 heteroatoms. The molecule has 0 spiro atoms. The lowest BCUT2D eigenvalue weighted by Gasteiger charge is -2.16. The average Bonchev–Trinajstić information content (AvgIpc) is 2.30. The Morgan fingerprint density at radius 3 is 1.83 bits per heavy atom. The SMILES string of the molecule is CCOC(=O)c1c(I)c(I)c(I)c(I)c1C(=O)[O-]. The number of rotatable bonds is 3. The van der Waals surface area contributed by atoms with Crippen LogP contribution < -0.4 is 5.11 Å². The van der Waals surface area contributed by atoms with Crippen molar-refractivity contribution in [2.24, 2.45) is 0 Å². The molecule has 0 saturated carbocycles. The Morgan fingerprint density at radius 1 is 1.00 bits per heavy atom. The summed E-state index contributed by atoms with van der Waals surface area (Å²) in [7, 11) is 0. The number of esters is 1. The zero-order chi connectivity index (χ0) is 14.0. The van der Waals surface area contributed by atoms with Crippen molar-refractivity contribution < 1.29 is 19.4 Å². The molecule has 1 aromatic rings. The van der Waals surface area contributed by atoms with Crippen molar-refractivity contribution in [3.8, 4) is 0 Å². The molecular weight excluding hydrogens is 692 g/mol. The van der Waals surface area contributed by atoms with Crippen molar-refractivity contribution >= 4 is 102 Å². The van der Waals surface area contributed by atoms with Crippen molar-refractivity contribution in [3.05, 3.63) is 25.4 Å². The van der Waals surface area contributed by atoms with E-state index in [0.29, 0.717) is 7.14 Å². The minimum Gasteiger partial charge on any atom is -0.545 e. The Balaban J connectivity index is 3.67. The number of halogens is 4. The molecule has 0 amide bonds. The van der Waals surface area contributed by atoms with Gasteiger partial charge in [-0.3, -0.25) is 0 Å². The maximum atomic E-state index is 11.9. The van der Waals surface area contributed by atoms with Gasteiger partial charge in [-0.1, -0.05) is 0 Å². The first kappa shape index (κ1) is 17.1. The fraction of sp³-hybridized carbons (Fsp3) is 0.200. The first-order chi connectivity index (χ1) is 8.32. The van der Waals surface area contributed by atoms with Gasteiger partial charge in [0.25, 0.3) is 0 Å². The van der Waals surface area contributed by atoms with Crippen LogP contribution in [0.25, 0.3) is 0 Å². The lowest BCUT2D eigenvalue weighted by atomic mass is 10.1. The van der Waals surface area contributed by atoms with Gasteiger partial charge in [-0.2, -0.15) is 0 Å². The minimum atomic E-state index is -1.37. The Kier molecular flexibility index (Phi) is 6.85. The van der Waals surface area contributed by atoms with Crippen LogP contribution in [-0.2, 0) is 4.74 Å². The highest BCUT2D eigenvalue weighted by Gasteiger charge is 2.25. The van der Waals surface area contributed by atoms with E-state index in [1.807, 2.05) is 45.2 Å². The van der Waals surface area contributed by atoms with Crippen LogP contribution in [0.4, 0.5) is 0 Å². The van der Waals surface area contributed by atoms with E-state index in [9.17, 15) is 14.7 Å². The van der Waals surface area contributed by atoms with Crippen molar-refractivity contribution in [1.82, 2.24) is 0 Å². The highest BCUT2D eigenvalue weighted by molar-refractivity contribution is 14.1. The predicted molar refractivity (Wildman–Crippen MR) is 97.6 cm³/mol. The highest BCUT2D eigenvalue weighted by Crippen LogP contribution is 2.33. The molecule has 0 aliphatic heterocycles. The number of hydrogen-bond acceptors (Lipinski definition) is 4. The molecule has 0 aliphatic rings. The van der Waals surface area contributed by atoms with Crippen LogP contribution in [0.2, 0.25) is 0 Å². The molecular formula is C10H5I4O4-. The predicted octanol–water partition coefficient (Wildman–Crippen LogP) is 2.65. The quantitative estimate of drug-likeness (QED) is 0.211. The third kappa shape index (κ3) is 3.39. The van der Waals surface area contributed by atoms with Gasteiger partial charge in [0.2, 0.25) is 0 Å². The second-order valence-electron chi connectivity index (χ2n) is 3.01. The summed E-state index contributed by atoms with van der Waals surface area (Å²) in [5.74, 6) is -2.00. The molecule has 0 fully saturated rings. The van der Waals surface area contributed by atoms with Crippen LogP contribution >= 0.6 is 90.4 Å². The number of carbonyl (C=O) groups is 2. The van der Waals surface area contributed by atoms with Gasteiger partial charge < -0.3 is 14.6 Å². The Morgan fingerprint density at radius 2 is 1.44 bits per heavy atom. The van der Waals surface area contributed by atoms with E-state index in [1.165, 1.54) is 0 Å². The van der Waals surface area contributed by atoms with Crippen molar-refractivity contribution in [2.45, 2.75) is 6.92 Å². The van der Waals surface area contributed by atoms with E-state index in [0.717, 1.165) is 7.14 Å². The number of carbonyl (C=O) groups excluding carboxylic acids is 2. The van der Waals surface area contributed by atoms with Gasteiger partial charge in [-0.05, 0) is 97.3 Å². The normalized spacial score (nSPS) is 10.3. The summed E-state index contributed by atoms with van der Waals surface area (Å²) in [5, 5.41) is 11.2. The van der Waals surface area contributed by atoms with E-state index in [1.54, 1.807) is 6.92 Å². The first-order valence-corrected chi connectivity index (χ1v) is 8.88. The molecule has 0 aromatic heterocycles. The molecule has 0 radical (unpaired) electrons. The summed E-state index contributed by atoms with van der Waals surface area (Å²) in [6.07, 6.45) is 0. The van der Waals surface area contributed by atoms with Gasteiger partial charge in [-0.25, -0.2) is 4.79 Å². The molecule has 0 N–H and O–H groups in total. The zero-order valence-electron chi connectivity index (χ0n) is 8.85. The molecule has 98 valence electrons. The van der Waals surface area contributed by atoms with E-state index < -0.39 is 11.9 Å². The van der Waals surface area contributed by atoms with Crippen LogP contribution in [0.5, 0.6) is 0 Å². The fourth-order valence-electron chi connectivity index (χ4n) is 1.22. The summed E-state index contributed by atoms with van der Waals surface area (Å²) < 4.78 is 7.62. The molecule has 0 aliphatic carbocycles. The van der Waals surface area contributed by atoms with Gasteiger partial charge in [0, 0.05) is 19.8 Å². The monoisotopic (exact) mass is 697 g/mol. The largest absolute Gasteiger partial charge is 0.545 e. The number of carboxylic acid groups (broad SMARTS) is 1. The number of hydrogen-bond donors (Lipinski definition) is 0. The molecule has 0 unspecified atom stereocenters. The summed E-state index contributed by atoms with van der Waals surface area (Å²) in [4.78, 5) is 23.1. The molecule has 0 atom stereocenters. The van der Waals surface area contributed by atoms with E-state index in [4.69, 9.17) is 4.74 Å². The summed E-state index contributed by atoms with van der Waals surface area (Å²) in [6.45, 7) is 1.87.